The monoisotopic (exact) mass is 239 g/mol. The third kappa shape index (κ3) is 1.71. The molecule has 0 aliphatic rings. The summed E-state index contributed by atoms with van der Waals surface area (Å²) in [7, 11) is 0. The van der Waals surface area contributed by atoms with E-state index in [1.807, 2.05) is 25.1 Å². The molecule has 1 aromatic heterocycles. The van der Waals surface area contributed by atoms with Gasteiger partial charge in [-0.25, -0.2) is 4.98 Å². The fraction of sp³-hybridized carbons (Fsp3) is 0.0909. The number of halogens is 2. The first-order chi connectivity index (χ1) is 7.13. The Morgan fingerprint density at radius 3 is 2.73 bits per heavy atom. The van der Waals surface area contributed by atoms with E-state index < -0.39 is 0 Å². The van der Waals surface area contributed by atoms with Crippen molar-refractivity contribution in [1.82, 2.24) is 4.98 Å². The van der Waals surface area contributed by atoms with E-state index in [4.69, 9.17) is 23.2 Å². The number of aryl methyl sites for hydroxylation is 1. The highest BCUT2D eigenvalue weighted by Gasteiger charge is 2.11. The van der Waals surface area contributed by atoms with Gasteiger partial charge in [0.05, 0.1) is 16.1 Å². The molecule has 0 saturated carbocycles. The standard InChI is InChI=1S/C11H7Cl2NO/c1-6-2-3-7-9(4-6)14-11(13)8(5-15)10(7)12/h2-5H,1H3. The average Bonchev–Trinajstić information content (AvgIpc) is 2.17. The van der Waals surface area contributed by atoms with E-state index in [0.29, 0.717) is 16.8 Å². The van der Waals surface area contributed by atoms with Gasteiger partial charge in [0.15, 0.2) is 6.29 Å². The number of benzene rings is 1. The molecule has 0 bridgehead atoms. The SMILES string of the molecule is Cc1ccc2c(Cl)c(C=O)c(Cl)nc2c1. The molecule has 0 spiro atoms. The van der Waals surface area contributed by atoms with Gasteiger partial charge in [0, 0.05) is 5.39 Å². The van der Waals surface area contributed by atoms with Gasteiger partial charge in [-0.1, -0.05) is 35.3 Å². The largest absolute Gasteiger partial charge is 0.298 e. The maximum atomic E-state index is 10.7. The number of nitrogens with zero attached hydrogens (tertiary/aromatic N) is 1. The van der Waals surface area contributed by atoms with Crippen molar-refractivity contribution < 1.29 is 4.79 Å². The predicted octanol–water partition coefficient (Wildman–Crippen LogP) is 3.66. The van der Waals surface area contributed by atoms with Crippen LogP contribution in [0.25, 0.3) is 10.9 Å². The highest BCUT2D eigenvalue weighted by atomic mass is 35.5. The Morgan fingerprint density at radius 1 is 1.33 bits per heavy atom. The molecule has 0 radical (unpaired) electrons. The van der Waals surface area contributed by atoms with Crippen LogP contribution in [0, 0.1) is 6.92 Å². The first-order valence-electron chi connectivity index (χ1n) is 4.34. The molecule has 76 valence electrons. The van der Waals surface area contributed by atoms with Gasteiger partial charge in [-0.3, -0.25) is 4.79 Å². The van der Waals surface area contributed by atoms with Gasteiger partial charge in [0.1, 0.15) is 5.15 Å². The van der Waals surface area contributed by atoms with Gasteiger partial charge in [-0.15, -0.1) is 0 Å². The lowest BCUT2D eigenvalue weighted by Crippen LogP contribution is -1.91. The van der Waals surface area contributed by atoms with Crippen LogP contribution in [0.4, 0.5) is 0 Å². The number of hydrogen-bond donors (Lipinski definition) is 0. The molecule has 0 saturated heterocycles. The van der Waals surface area contributed by atoms with E-state index in [9.17, 15) is 4.79 Å². The topological polar surface area (TPSA) is 30.0 Å². The summed E-state index contributed by atoms with van der Waals surface area (Å²) in [5.74, 6) is 0. The highest BCUT2D eigenvalue weighted by Crippen LogP contribution is 2.29. The number of rotatable bonds is 1. The summed E-state index contributed by atoms with van der Waals surface area (Å²) in [5.41, 5.74) is 2.02. The lowest BCUT2D eigenvalue weighted by atomic mass is 10.1. The van der Waals surface area contributed by atoms with Gasteiger partial charge in [0.25, 0.3) is 0 Å². The third-order valence-corrected chi connectivity index (χ3v) is 2.88. The summed E-state index contributed by atoms with van der Waals surface area (Å²) in [6.07, 6.45) is 0.622. The summed E-state index contributed by atoms with van der Waals surface area (Å²) < 4.78 is 0. The molecule has 1 heterocycles. The first-order valence-corrected chi connectivity index (χ1v) is 5.09. The van der Waals surface area contributed by atoms with E-state index in [2.05, 4.69) is 4.98 Å². The molecule has 2 aromatic rings. The van der Waals surface area contributed by atoms with Crippen LogP contribution in [0.5, 0.6) is 0 Å². The Bertz CT molecular complexity index is 552. The molecule has 0 atom stereocenters. The second-order valence-electron chi connectivity index (χ2n) is 3.27. The van der Waals surface area contributed by atoms with E-state index in [0.717, 1.165) is 10.9 Å². The van der Waals surface area contributed by atoms with E-state index in [-0.39, 0.29) is 10.7 Å². The predicted molar refractivity (Wildman–Crippen MR) is 61.9 cm³/mol. The average molecular weight is 240 g/mol. The van der Waals surface area contributed by atoms with Gasteiger partial charge in [-0.05, 0) is 18.6 Å². The van der Waals surface area contributed by atoms with Crippen molar-refractivity contribution in [2.75, 3.05) is 0 Å². The Hall–Kier alpha value is -1.12. The van der Waals surface area contributed by atoms with Crippen molar-refractivity contribution in [1.29, 1.82) is 0 Å². The molecular weight excluding hydrogens is 233 g/mol. The number of aldehydes is 1. The fourth-order valence-electron chi connectivity index (χ4n) is 1.42. The summed E-state index contributed by atoms with van der Waals surface area (Å²) in [6, 6.07) is 5.63. The second kappa shape index (κ2) is 3.80. The van der Waals surface area contributed by atoms with Crippen LogP contribution >= 0.6 is 23.2 Å². The van der Waals surface area contributed by atoms with Crippen LogP contribution in [0.1, 0.15) is 15.9 Å². The fourth-order valence-corrected chi connectivity index (χ4v) is 1.99. The van der Waals surface area contributed by atoms with Gasteiger partial charge in [-0.2, -0.15) is 0 Å². The van der Waals surface area contributed by atoms with Crippen molar-refractivity contribution >= 4 is 40.4 Å². The van der Waals surface area contributed by atoms with E-state index in [1.165, 1.54) is 0 Å². The zero-order valence-electron chi connectivity index (χ0n) is 7.92. The minimum absolute atomic E-state index is 0.146. The molecule has 0 amide bonds. The van der Waals surface area contributed by atoms with Crippen molar-refractivity contribution in [3.63, 3.8) is 0 Å². The van der Waals surface area contributed by atoms with Crippen molar-refractivity contribution in [3.05, 3.63) is 39.5 Å². The molecule has 0 aliphatic carbocycles. The molecule has 0 fully saturated rings. The Morgan fingerprint density at radius 2 is 2.07 bits per heavy atom. The van der Waals surface area contributed by atoms with Crippen LogP contribution in [-0.4, -0.2) is 11.3 Å². The molecule has 1 aromatic carbocycles. The number of fused-ring (bicyclic) bond motifs is 1. The normalized spacial score (nSPS) is 10.6. The quantitative estimate of drug-likeness (QED) is 0.562. The van der Waals surface area contributed by atoms with Gasteiger partial charge >= 0.3 is 0 Å². The molecular formula is C11H7Cl2NO. The molecule has 0 unspecified atom stereocenters. The lowest BCUT2D eigenvalue weighted by molar-refractivity contribution is 0.112. The molecule has 0 aliphatic heterocycles. The Kier molecular flexibility index (Phi) is 2.63. The minimum atomic E-state index is 0.146. The van der Waals surface area contributed by atoms with E-state index >= 15 is 0 Å². The summed E-state index contributed by atoms with van der Waals surface area (Å²) in [4.78, 5) is 14.9. The zero-order valence-corrected chi connectivity index (χ0v) is 9.43. The molecule has 15 heavy (non-hydrogen) atoms. The highest BCUT2D eigenvalue weighted by molar-refractivity contribution is 6.41. The second-order valence-corrected chi connectivity index (χ2v) is 4.00. The van der Waals surface area contributed by atoms with Crippen LogP contribution in [0.3, 0.4) is 0 Å². The number of carbonyl (C=O) groups excluding carboxylic acids is 1. The summed E-state index contributed by atoms with van der Waals surface area (Å²) in [5, 5.41) is 1.25. The number of hydrogen-bond acceptors (Lipinski definition) is 2. The number of aromatic nitrogens is 1. The molecule has 4 heteroatoms. The molecule has 2 nitrogen and oxygen atoms in total. The maximum absolute atomic E-state index is 10.7. The molecule has 2 rings (SSSR count). The summed E-state index contributed by atoms with van der Waals surface area (Å²) in [6.45, 7) is 1.95. The summed E-state index contributed by atoms with van der Waals surface area (Å²) >= 11 is 11.9. The van der Waals surface area contributed by atoms with E-state index in [1.54, 1.807) is 0 Å². The first kappa shape index (κ1) is 10.4. The van der Waals surface area contributed by atoms with Crippen LogP contribution < -0.4 is 0 Å². The Balaban J connectivity index is 2.90. The number of pyridine rings is 1. The molecule has 0 N–H and O–H groups in total. The van der Waals surface area contributed by atoms with Crippen LogP contribution in [0.15, 0.2) is 18.2 Å². The lowest BCUT2D eigenvalue weighted by Gasteiger charge is -2.05. The Labute approximate surface area is 96.8 Å². The maximum Gasteiger partial charge on any atom is 0.154 e. The van der Waals surface area contributed by atoms with Crippen LogP contribution in [-0.2, 0) is 0 Å². The van der Waals surface area contributed by atoms with Crippen molar-refractivity contribution in [2.24, 2.45) is 0 Å². The van der Waals surface area contributed by atoms with Gasteiger partial charge in [0.2, 0.25) is 0 Å². The zero-order chi connectivity index (χ0) is 11.0. The minimum Gasteiger partial charge on any atom is -0.298 e. The van der Waals surface area contributed by atoms with Gasteiger partial charge < -0.3 is 0 Å². The smallest absolute Gasteiger partial charge is 0.154 e. The van der Waals surface area contributed by atoms with Crippen molar-refractivity contribution in [3.8, 4) is 0 Å². The number of carbonyl (C=O) groups is 1. The third-order valence-electron chi connectivity index (χ3n) is 2.18. The van der Waals surface area contributed by atoms with Crippen molar-refractivity contribution in [2.45, 2.75) is 6.92 Å². The van der Waals surface area contributed by atoms with Crippen LogP contribution in [0.2, 0.25) is 10.2 Å².